The Bertz CT molecular complexity index is 484. The van der Waals surface area contributed by atoms with Crippen molar-refractivity contribution in [2.45, 2.75) is 26.0 Å². The molecule has 0 bridgehead atoms. The molecule has 3 nitrogen and oxygen atoms in total. The van der Waals surface area contributed by atoms with Gasteiger partial charge in [-0.05, 0) is 42.6 Å². The van der Waals surface area contributed by atoms with Crippen LogP contribution < -0.4 is 0 Å². The van der Waals surface area contributed by atoms with Crippen LogP contribution in [-0.2, 0) is 11.3 Å². The van der Waals surface area contributed by atoms with E-state index in [4.69, 9.17) is 10.00 Å². The van der Waals surface area contributed by atoms with Gasteiger partial charge in [0, 0.05) is 20.2 Å². The van der Waals surface area contributed by atoms with E-state index >= 15 is 0 Å². The van der Waals surface area contributed by atoms with Crippen LogP contribution in [-0.4, -0.2) is 31.2 Å². The number of nitrogens with zero attached hydrogens (tertiary/aromatic N) is 2. The van der Waals surface area contributed by atoms with Gasteiger partial charge in [-0.1, -0.05) is 6.92 Å². The summed E-state index contributed by atoms with van der Waals surface area (Å²) in [5.41, 5.74) is 1.31. The average Bonchev–Trinajstić information content (AvgIpc) is 2.41. The Hall–Kier alpha value is -1.44. The molecule has 0 saturated carbocycles. The second-order valence-corrected chi connectivity index (χ2v) is 5.19. The van der Waals surface area contributed by atoms with E-state index in [9.17, 15) is 4.39 Å². The number of hydrogen-bond donors (Lipinski definition) is 0. The van der Waals surface area contributed by atoms with Gasteiger partial charge in [-0.2, -0.15) is 5.26 Å². The fourth-order valence-electron chi connectivity index (χ4n) is 2.59. The quantitative estimate of drug-likeness (QED) is 0.840. The topological polar surface area (TPSA) is 36.3 Å². The molecular formula is C15H19FN2O. The summed E-state index contributed by atoms with van der Waals surface area (Å²) < 4.78 is 18.8. The van der Waals surface area contributed by atoms with Crippen LogP contribution in [0.5, 0.6) is 0 Å². The summed E-state index contributed by atoms with van der Waals surface area (Å²) in [7, 11) is 1.73. The zero-order chi connectivity index (χ0) is 13.8. The van der Waals surface area contributed by atoms with Gasteiger partial charge in [0.15, 0.2) is 0 Å². The Kier molecular flexibility index (Phi) is 4.52. The summed E-state index contributed by atoms with van der Waals surface area (Å²) in [5.74, 6) is 0.256. The second kappa shape index (κ2) is 6.14. The third-order valence-corrected chi connectivity index (χ3v) is 3.86. The lowest BCUT2D eigenvalue weighted by atomic mass is 9.95. The molecule has 19 heavy (non-hydrogen) atoms. The molecule has 0 spiro atoms. The number of ether oxygens (including phenoxy) is 1. The van der Waals surface area contributed by atoms with Crippen molar-refractivity contribution in [1.29, 1.82) is 5.26 Å². The number of benzene rings is 1. The van der Waals surface area contributed by atoms with Crippen molar-refractivity contribution in [3.63, 3.8) is 0 Å². The minimum atomic E-state index is -0.289. The van der Waals surface area contributed by atoms with E-state index in [1.165, 1.54) is 12.1 Å². The zero-order valence-corrected chi connectivity index (χ0v) is 11.4. The normalized spacial score (nSPS) is 24.1. The number of nitriles is 1. The lowest BCUT2D eigenvalue weighted by Gasteiger charge is -2.36. The summed E-state index contributed by atoms with van der Waals surface area (Å²) in [6, 6.07) is 6.46. The van der Waals surface area contributed by atoms with E-state index in [1.807, 2.05) is 0 Å². The van der Waals surface area contributed by atoms with Crippen LogP contribution in [0.2, 0.25) is 0 Å². The van der Waals surface area contributed by atoms with Crippen LogP contribution in [0.3, 0.4) is 0 Å². The van der Waals surface area contributed by atoms with Crippen LogP contribution in [0.4, 0.5) is 4.39 Å². The zero-order valence-electron chi connectivity index (χ0n) is 11.4. The maximum Gasteiger partial charge on any atom is 0.123 e. The summed E-state index contributed by atoms with van der Waals surface area (Å²) in [6.07, 6.45) is 1.28. The molecule has 1 fully saturated rings. The number of likely N-dealkylation sites (tertiary alicyclic amines) is 1. The summed E-state index contributed by atoms with van der Waals surface area (Å²) >= 11 is 0. The van der Waals surface area contributed by atoms with Crippen molar-refractivity contribution in [3.05, 3.63) is 35.1 Å². The van der Waals surface area contributed by atoms with Crippen molar-refractivity contribution in [3.8, 4) is 6.07 Å². The lowest BCUT2D eigenvalue weighted by Crippen LogP contribution is -2.43. The number of rotatable bonds is 3. The molecule has 0 amide bonds. The van der Waals surface area contributed by atoms with Gasteiger partial charge in [0.25, 0.3) is 0 Å². The molecule has 0 aliphatic carbocycles. The first kappa shape index (κ1) is 14.0. The molecule has 102 valence electrons. The van der Waals surface area contributed by atoms with Gasteiger partial charge >= 0.3 is 0 Å². The third-order valence-electron chi connectivity index (χ3n) is 3.86. The first-order valence-electron chi connectivity index (χ1n) is 6.57. The van der Waals surface area contributed by atoms with Crippen molar-refractivity contribution >= 4 is 0 Å². The average molecular weight is 262 g/mol. The summed E-state index contributed by atoms with van der Waals surface area (Å²) in [6.45, 7) is 4.59. The highest BCUT2D eigenvalue weighted by Crippen LogP contribution is 2.22. The molecular weight excluding hydrogens is 243 g/mol. The van der Waals surface area contributed by atoms with Crippen LogP contribution in [0.1, 0.15) is 24.5 Å². The molecule has 1 aliphatic heterocycles. The van der Waals surface area contributed by atoms with Crippen molar-refractivity contribution in [2.24, 2.45) is 5.92 Å². The fraction of sp³-hybridized carbons (Fsp3) is 0.533. The molecule has 1 aromatic carbocycles. The Labute approximate surface area is 113 Å². The maximum absolute atomic E-state index is 13.3. The minimum Gasteiger partial charge on any atom is -0.380 e. The molecule has 0 radical (unpaired) electrons. The monoisotopic (exact) mass is 262 g/mol. The highest BCUT2D eigenvalue weighted by Gasteiger charge is 2.26. The summed E-state index contributed by atoms with van der Waals surface area (Å²) in [5, 5.41) is 9.06. The van der Waals surface area contributed by atoms with Crippen LogP contribution in [0, 0.1) is 23.1 Å². The van der Waals surface area contributed by atoms with Gasteiger partial charge in [0.05, 0.1) is 17.7 Å². The standard InChI is InChI=1S/C15H19FN2O/c1-11-5-6-18(10-15(11)19-2)9-13-7-14(16)4-3-12(13)8-17/h3-4,7,11,15H,5-6,9-10H2,1-2H3. The van der Waals surface area contributed by atoms with E-state index in [-0.39, 0.29) is 11.9 Å². The fourth-order valence-corrected chi connectivity index (χ4v) is 2.59. The Morgan fingerprint density at radius 2 is 2.32 bits per heavy atom. The predicted octanol–water partition coefficient (Wildman–Crippen LogP) is 2.55. The molecule has 2 rings (SSSR count). The van der Waals surface area contributed by atoms with Crippen molar-refractivity contribution < 1.29 is 9.13 Å². The maximum atomic E-state index is 13.3. The number of halogens is 1. The second-order valence-electron chi connectivity index (χ2n) is 5.19. The van der Waals surface area contributed by atoms with Gasteiger partial charge in [0.2, 0.25) is 0 Å². The molecule has 0 N–H and O–H groups in total. The van der Waals surface area contributed by atoms with Gasteiger partial charge in [-0.25, -0.2) is 4.39 Å². The van der Waals surface area contributed by atoms with Gasteiger partial charge in [-0.15, -0.1) is 0 Å². The molecule has 1 aliphatic rings. The highest BCUT2D eigenvalue weighted by molar-refractivity contribution is 5.37. The Morgan fingerprint density at radius 3 is 3.00 bits per heavy atom. The molecule has 4 heteroatoms. The summed E-state index contributed by atoms with van der Waals surface area (Å²) in [4.78, 5) is 2.23. The number of methoxy groups -OCH3 is 1. The third kappa shape index (κ3) is 3.31. The van der Waals surface area contributed by atoms with E-state index in [2.05, 4.69) is 17.9 Å². The van der Waals surface area contributed by atoms with Crippen LogP contribution in [0.15, 0.2) is 18.2 Å². The van der Waals surface area contributed by atoms with Gasteiger partial charge < -0.3 is 4.74 Å². The highest BCUT2D eigenvalue weighted by atomic mass is 19.1. The number of piperidine rings is 1. The van der Waals surface area contributed by atoms with E-state index in [0.717, 1.165) is 25.1 Å². The molecule has 1 saturated heterocycles. The first-order chi connectivity index (χ1) is 9.13. The largest absolute Gasteiger partial charge is 0.380 e. The molecule has 1 heterocycles. The SMILES string of the molecule is COC1CN(Cc2cc(F)ccc2C#N)CCC1C. The lowest BCUT2D eigenvalue weighted by molar-refractivity contribution is -0.00748. The minimum absolute atomic E-state index is 0.216. The number of hydrogen-bond acceptors (Lipinski definition) is 3. The van der Waals surface area contributed by atoms with Gasteiger partial charge in [-0.3, -0.25) is 4.90 Å². The van der Waals surface area contributed by atoms with Crippen LogP contribution in [0.25, 0.3) is 0 Å². The van der Waals surface area contributed by atoms with Crippen molar-refractivity contribution in [1.82, 2.24) is 4.90 Å². The predicted molar refractivity (Wildman–Crippen MR) is 71.0 cm³/mol. The van der Waals surface area contributed by atoms with Crippen molar-refractivity contribution in [2.75, 3.05) is 20.2 Å². The smallest absolute Gasteiger partial charge is 0.123 e. The van der Waals surface area contributed by atoms with E-state index in [0.29, 0.717) is 18.0 Å². The van der Waals surface area contributed by atoms with E-state index in [1.54, 1.807) is 13.2 Å². The van der Waals surface area contributed by atoms with Gasteiger partial charge in [0.1, 0.15) is 5.82 Å². The first-order valence-corrected chi connectivity index (χ1v) is 6.57. The van der Waals surface area contributed by atoms with E-state index < -0.39 is 0 Å². The Balaban J connectivity index is 2.09. The van der Waals surface area contributed by atoms with Crippen LogP contribution >= 0.6 is 0 Å². The molecule has 2 atom stereocenters. The molecule has 1 aromatic rings. The molecule has 2 unspecified atom stereocenters. The Morgan fingerprint density at radius 1 is 1.53 bits per heavy atom. The molecule has 0 aromatic heterocycles.